The number of hydrogen-bond acceptors (Lipinski definition) is 4. The Hall–Kier alpha value is -3.99. The average molecular weight is 383 g/mol. The third kappa shape index (κ3) is 2.84. The highest BCUT2D eigenvalue weighted by Crippen LogP contribution is 2.38. The highest BCUT2D eigenvalue weighted by molar-refractivity contribution is 6.15. The number of rotatable bonds is 3. The van der Waals surface area contributed by atoms with E-state index in [1.54, 1.807) is 19.3 Å². The summed E-state index contributed by atoms with van der Waals surface area (Å²) in [6.07, 6.45) is 1.75. The van der Waals surface area contributed by atoms with E-state index in [2.05, 4.69) is 4.98 Å². The lowest BCUT2D eigenvalue weighted by atomic mass is 10.0. The van der Waals surface area contributed by atoms with Gasteiger partial charge in [0.2, 0.25) is 5.78 Å². The molecule has 0 fully saturated rings. The predicted molar refractivity (Wildman–Crippen MR) is 111 cm³/mol. The molecule has 1 aliphatic heterocycles. The Labute approximate surface area is 166 Å². The summed E-state index contributed by atoms with van der Waals surface area (Å²) < 4.78 is 11.2. The first-order valence-corrected chi connectivity index (χ1v) is 9.16. The number of Topliss-reactive ketones (excluding diaryl/α,β-unsaturated/α-hetero) is 1. The number of phenolic OH excluding ortho intramolecular Hbond substituents is 1. The van der Waals surface area contributed by atoms with Gasteiger partial charge in [-0.25, -0.2) is 0 Å². The number of aromatic hydroxyl groups is 1. The second kappa shape index (κ2) is 6.56. The average Bonchev–Trinajstić information content (AvgIpc) is 3.26. The first-order chi connectivity index (χ1) is 14.1. The van der Waals surface area contributed by atoms with Gasteiger partial charge in [0, 0.05) is 22.5 Å². The van der Waals surface area contributed by atoms with Gasteiger partial charge in [-0.15, -0.1) is 0 Å². The first-order valence-electron chi connectivity index (χ1n) is 9.16. The molecule has 5 heteroatoms. The summed E-state index contributed by atoms with van der Waals surface area (Å²) in [5.74, 6) is 1.14. The lowest BCUT2D eigenvalue weighted by Crippen LogP contribution is -1.98. The van der Waals surface area contributed by atoms with E-state index in [0.717, 1.165) is 33.5 Å². The van der Waals surface area contributed by atoms with Crippen LogP contribution in [0.5, 0.6) is 17.2 Å². The Kier molecular flexibility index (Phi) is 3.88. The minimum Gasteiger partial charge on any atom is -0.508 e. The largest absolute Gasteiger partial charge is 0.508 e. The van der Waals surface area contributed by atoms with Gasteiger partial charge in [0.15, 0.2) is 5.76 Å². The van der Waals surface area contributed by atoms with Gasteiger partial charge in [0.05, 0.1) is 18.4 Å². The van der Waals surface area contributed by atoms with Crippen molar-refractivity contribution in [2.45, 2.75) is 0 Å². The molecule has 2 N–H and O–H groups in total. The molecule has 0 saturated heterocycles. The lowest BCUT2D eigenvalue weighted by molar-refractivity contribution is 0.101. The fourth-order valence-electron chi connectivity index (χ4n) is 3.61. The fourth-order valence-corrected chi connectivity index (χ4v) is 3.61. The monoisotopic (exact) mass is 383 g/mol. The molecule has 0 saturated carbocycles. The van der Waals surface area contributed by atoms with Gasteiger partial charge < -0.3 is 19.6 Å². The smallest absolute Gasteiger partial charge is 0.231 e. The van der Waals surface area contributed by atoms with Crippen LogP contribution in [0.1, 0.15) is 15.9 Å². The van der Waals surface area contributed by atoms with E-state index in [0.29, 0.717) is 11.3 Å². The molecular weight excluding hydrogens is 366 g/mol. The zero-order valence-electron chi connectivity index (χ0n) is 15.6. The molecule has 0 atom stereocenters. The number of ketones is 1. The minimum atomic E-state index is -0.212. The van der Waals surface area contributed by atoms with Crippen LogP contribution in [0.3, 0.4) is 0 Å². The summed E-state index contributed by atoms with van der Waals surface area (Å²) in [7, 11) is 1.62. The Morgan fingerprint density at radius 3 is 2.66 bits per heavy atom. The van der Waals surface area contributed by atoms with Crippen molar-refractivity contribution in [3.8, 4) is 28.5 Å². The SMILES string of the molecule is COc1ccc2[nH]c(-c3ccccc3)c(C=C3Oc4cc(O)ccc4C3=O)c2c1. The van der Waals surface area contributed by atoms with Gasteiger partial charge in [0.25, 0.3) is 0 Å². The number of carbonyl (C=O) groups excluding carboxylic acids is 1. The number of ether oxygens (including phenoxy) is 2. The maximum Gasteiger partial charge on any atom is 0.231 e. The van der Waals surface area contributed by atoms with Gasteiger partial charge in [-0.05, 0) is 42.0 Å². The number of carbonyl (C=O) groups is 1. The molecule has 3 aromatic carbocycles. The maximum atomic E-state index is 12.8. The highest BCUT2D eigenvalue weighted by Gasteiger charge is 2.28. The van der Waals surface area contributed by atoms with Crippen LogP contribution in [0.4, 0.5) is 0 Å². The van der Waals surface area contributed by atoms with Gasteiger partial charge in [-0.3, -0.25) is 4.79 Å². The molecule has 4 aromatic rings. The zero-order valence-corrected chi connectivity index (χ0v) is 15.6. The van der Waals surface area contributed by atoms with Crippen LogP contribution in [-0.4, -0.2) is 23.0 Å². The minimum absolute atomic E-state index is 0.0552. The van der Waals surface area contributed by atoms with Crippen molar-refractivity contribution in [1.29, 1.82) is 0 Å². The second-order valence-corrected chi connectivity index (χ2v) is 6.81. The third-order valence-corrected chi connectivity index (χ3v) is 5.04. The number of nitrogens with one attached hydrogen (secondary N) is 1. The molecule has 5 rings (SSSR count). The number of aromatic nitrogens is 1. The van der Waals surface area contributed by atoms with Crippen LogP contribution in [0.25, 0.3) is 28.2 Å². The lowest BCUT2D eigenvalue weighted by Gasteiger charge is -2.03. The molecule has 5 nitrogen and oxygen atoms in total. The number of aromatic amines is 1. The first kappa shape index (κ1) is 17.1. The topological polar surface area (TPSA) is 71.6 Å². The molecule has 2 heterocycles. The van der Waals surface area contributed by atoms with Crippen molar-refractivity contribution in [2.75, 3.05) is 7.11 Å². The second-order valence-electron chi connectivity index (χ2n) is 6.81. The number of fused-ring (bicyclic) bond motifs is 2. The van der Waals surface area contributed by atoms with E-state index in [9.17, 15) is 9.90 Å². The molecule has 0 spiro atoms. The Morgan fingerprint density at radius 2 is 1.86 bits per heavy atom. The summed E-state index contributed by atoms with van der Waals surface area (Å²) in [5.41, 5.74) is 4.09. The summed E-state index contributed by atoms with van der Waals surface area (Å²) in [5, 5.41) is 10.6. The maximum absolute atomic E-state index is 12.8. The number of benzene rings is 3. The molecule has 0 amide bonds. The Balaban J connectivity index is 1.71. The van der Waals surface area contributed by atoms with Crippen molar-refractivity contribution in [1.82, 2.24) is 4.98 Å². The molecule has 0 bridgehead atoms. The molecular formula is C24H17NO4. The normalized spacial score (nSPS) is 14.2. The van der Waals surface area contributed by atoms with Crippen molar-refractivity contribution >= 4 is 22.8 Å². The molecule has 0 radical (unpaired) electrons. The molecule has 1 aromatic heterocycles. The summed E-state index contributed by atoms with van der Waals surface area (Å²) >= 11 is 0. The number of allylic oxidation sites excluding steroid dienone is 1. The van der Waals surface area contributed by atoms with Gasteiger partial charge in [-0.1, -0.05) is 30.3 Å². The number of hydrogen-bond donors (Lipinski definition) is 2. The van der Waals surface area contributed by atoms with Gasteiger partial charge in [-0.2, -0.15) is 0 Å². The van der Waals surface area contributed by atoms with Crippen molar-refractivity contribution < 1.29 is 19.4 Å². The van der Waals surface area contributed by atoms with Crippen molar-refractivity contribution in [3.05, 3.63) is 83.6 Å². The standard InChI is InChI=1S/C24H17NO4/c1-28-16-8-10-20-18(12-16)19(23(25-20)14-5-3-2-4-6-14)13-22-24(27)17-9-7-15(26)11-21(17)29-22/h2-13,25-26H,1H3. The van der Waals surface area contributed by atoms with Crippen molar-refractivity contribution in [2.24, 2.45) is 0 Å². The summed E-state index contributed by atoms with van der Waals surface area (Å²) in [6.45, 7) is 0. The van der Waals surface area contributed by atoms with E-state index >= 15 is 0 Å². The van der Waals surface area contributed by atoms with E-state index in [-0.39, 0.29) is 17.3 Å². The van der Waals surface area contributed by atoms with Gasteiger partial charge >= 0.3 is 0 Å². The van der Waals surface area contributed by atoms with E-state index in [4.69, 9.17) is 9.47 Å². The number of H-pyrrole nitrogens is 1. The van der Waals surface area contributed by atoms with Gasteiger partial charge in [0.1, 0.15) is 17.2 Å². The van der Waals surface area contributed by atoms with E-state index in [1.807, 2.05) is 48.5 Å². The summed E-state index contributed by atoms with van der Waals surface area (Å²) in [4.78, 5) is 16.3. The van der Waals surface area contributed by atoms with Crippen LogP contribution >= 0.6 is 0 Å². The molecule has 0 unspecified atom stereocenters. The predicted octanol–water partition coefficient (Wildman–Crippen LogP) is 5.17. The van der Waals surface area contributed by atoms with Crippen LogP contribution in [0, 0.1) is 0 Å². The Morgan fingerprint density at radius 1 is 1.03 bits per heavy atom. The van der Waals surface area contributed by atoms with Crippen LogP contribution in [-0.2, 0) is 0 Å². The zero-order chi connectivity index (χ0) is 20.0. The summed E-state index contributed by atoms with van der Waals surface area (Å²) in [6, 6.07) is 20.2. The third-order valence-electron chi connectivity index (χ3n) is 5.04. The molecule has 0 aliphatic carbocycles. The van der Waals surface area contributed by atoms with Crippen LogP contribution in [0.2, 0.25) is 0 Å². The van der Waals surface area contributed by atoms with Crippen LogP contribution in [0.15, 0.2) is 72.5 Å². The number of methoxy groups -OCH3 is 1. The quantitative estimate of drug-likeness (QED) is 0.479. The molecule has 142 valence electrons. The van der Waals surface area contributed by atoms with E-state index in [1.165, 1.54) is 12.1 Å². The molecule has 1 aliphatic rings. The molecule has 29 heavy (non-hydrogen) atoms. The van der Waals surface area contributed by atoms with Crippen molar-refractivity contribution in [3.63, 3.8) is 0 Å². The highest BCUT2D eigenvalue weighted by atomic mass is 16.5. The fraction of sp³-hybridized carbons (Fsp3) is 0.0417. The van der Waals surface area contributed by atoms with Crippen LogP contribution < -0.4 is 9.47 Å². The Bertz CT molecular complexity index is 1290. The number of phenols is 1. The van der Waals surface area contributed by atoms with E-state index < -0.39 is 0 Å².